The average molecular weight is 413 g/mol. The average Bonchev–Trinajstić information content (AvgIpc) is 2.64. The van der Waals surface area contributed by atoms with Crippen LogP contribution in [0, 0.1) is 0 Å². The molecule has 1 aliphatic rings. The fourth-order valence-corrected chi connectivity index (χ4v) is 4.19. The summed E-state index contributed by atoms with van der Waals surface area (Å²) < 4.78 is 26.9. The van der Waals surface area contributed by atoms with Gasteiger partial charge in [0.1, 0.15) is 0 Å². The fourth-order valence-electron chi connectivity index (χ4n) is 2.43. The van der Waals surface area contributed by atoms with Gasteiger partial charge in [0.15, 0.2) is 0 Å². The summed E-state index contributed by atoms with van der Waals surface area (Å²) >= 11 is 16.8. The molecule has 1 N–H and O–H groups in total. The number of nitrogens with one attached hydrogen (secondary N) is 1. The summed E-state index contributed by atoms with van der Waals surface area (Å²) in [5.41, 5.74) is 5.19. The van der Waals surface area contributed by atoms with E-state index in [9.17, 15) is 8.42 Å². The number of hydrogen-bond acceptors (Lipinski definition) is 4. The molecule has 0 atom stereocenters. The van der Waals surface area contributed by atoms with Gasteiger partial charge in [-0.05, 0) is 36.2 Å². The number of hydrazine groups is 1. The van der Waals surface area contributed by atoms with E-state index in [4.69, 9.17) is 35.4 Å². The van der Waals surface area contributed by atoms with Gasteiger partial charge in [-0.25, -0.2) is 8.42 Å². The highest BCUT2D eigenvalue weighted by molar-refractivity contribution is 7.89. The highest BCUT2D eigenvalue weighted by Gasteiger charge is 2.27. The van der Waals surface area contributed by atoms with Gasteiger partial charge in [0.05, 0.1) is 20.6 Å². The summed E-state index contributed by atoms with van der Waals surface area (Å²) in [6.45, 7) is 0.335. The third-order valence-electron chi connectivity index (χ3n) is 3.76. The highest BCUT2D eigenvalue weighted by Crippen LogP contribution is 2.27. The van der Waals surface area contributed by atoms with Crippen molar-refractivity contribution in [3.63, 3.8) is 0 Å². The van der Waals surface area contributed by atoms with Gasteiger partial charge in [-0.1, -0.05) is 59.7 Å². The molecule has 0 amide bonds. The van der Waals surface area contributed by atoms with Gasteiger partial charge < -0.3 is 5.43 Å². The van der Waals surface area contributed by atoms with Crippen LogP contribution in [0.4, 0.5) is 0 Å². The summed E-state index contributed by atoms with van der Waals surface area (Å²) in [5.74, 6) is 0. The van der Waals surface area contributed by atoms with Gasteiger partial charge in [-0.15, -0.1) is 4.41 Å². The Morgan fingerprint density at radius 3 is 2.44 bits per heavy atom. The van der Waals surface area contributed by atoms with E-state index in [1.165, 1.54) is 9.78 Å². The minimum Gasteiger partial charge on any atom is -0.305 e. The molecule has 0 bridgehead atoms. The number of benzene rings is 2. The van der Waals surface area contributed by atoms with Crippen LogP contribution in [-0.4, -0.2) is 24.7 Å². The monoisotopic (exact) mass is 412 g/mol. The number of rotatable bonds is 4. The first kappa shape index (κ1) is 18.4. The fraction of sp³-hybridized carbons (Fsp3) is 0.118. The lowest BCUT2D eigenvalue weighted by Crippen LogP contribution is -2.44. The van der Waals surface area contributed by atoms with Crippen LogP contribution in [0.25, 0.3) is 5.70 Å². The minimum absolute atomic E-state index is 0.205. The van der Waals surface area contributed by atoms with E-state index < -0.39 is 10.0 Å². The van der Waals surface area contributed by atoms with Crippen LogP contribution >= 0.6 is 35.4 Å². The van der Waals surface area contributed by atoms with Gasteiger partial charge in [-0.3, -0.25) is 0 Å². The molecular weight excluding hydrogens is 399 g/mol. The van der Waals surface area contributed by atoms with Crippen LogP contribution in [0.2, 0.25) is 10.0 Å². The van der Waals surface area contributed by atoms with Gasteiger partial charge in [0, 0.05) is 17.5 Å². The Hall–Kier alpha value is -1.44. The molecule has 0 fully saturated rings. The van der Waals surface area contributed by atoms with Gasteiger partial charge in [0.25, 0.3) is 10.0 Å². The van der Waals surface area contributed by atoms with Crippen molar-refractivity contribution in [1.29, 1.82) is 0 Å². The predicted molar refractivity (Wildman–Crippen MR) is 105 cm³/mol. The summed E-state index contributed by atoms with van der Waals surface area (Å²) in [6.07, 6.45) is 2.51. The number of sulfonamides is 1. The second kappa shape index (κ2) is 7.43. The summed E-state index contributed by atoms with van der Waals surface area (Å²) in [7, 11) is -3.67. The van der Waals surface area contributed by atoms with Crippen LogP contribution in [0.15, 0.2) is 53.4 Å². The molecule has 0 saturated heterocycles. The quantitative estimate of drug-likeness (QED) is 0.761. The summed E-state index contributed by atoms with van der Waals surface area (Å²) in [6, 6.07) is 11.6. The molecule has 0 aliphatic carbocycles. The number of nitrogens with zero attached hydrogens (tertiary/aromatic N) is 1. The lowest BCUT2D eigenvalue weighted by Gasteiger charge is -2.28. The van der Waals surface area contributed by atoms with Crippen molar-refractivity contribution in [3.8, 4) is 0 Å². The Morgan fingerprint density at radius 1 is 1.08 bits per heavy atom. The predicted octanol–water partition coefficient (Wildman–Crippen LogP) is 4.28. The Labute approximate surface area is 162 Å². The first-order chi connectivity index (χ1) is 11.9. The second-order valence-electron chi connectivity index (χ2n) is 5.41. The van der Waals surface area contributed by atoms with Crippen molar-refractivity contribution in [3.05, 3.63) is 69.7 Å². The maximum absolute atomic E-state index is 12.8. The van der Waals surface area contributed by atoms with Crippen molar-refractivity contribution < 1.29 is 8.42 Å². The van der Waals surface area contributed by atoms with E-state index in [1.807, 2.05) is 6.08 Å². The lowest BCUT2D eigenvalue weighted by atomic mass is 10.1. The normalized spacial score (nSPS) is 15.4. The van der Waals surface area contributed by atoms with Crippen molar-refractivity contribution in [2.45, 2.75) is 11.3 Å². The summed E-state index contributed by atoms with van der Waals surface area (Å²) in [4.78, 5) is 0.205. The molecule has 4 nitrogen and oxygen atoms in total. The molecule has 0 aromatic heterocycles. The zero-order valence-electron chi connectivity index (χ0n) is 12.9. The molecule has 3 rings (SSSR count). The number of halogens is 2. The van der Waals surface area contributed by atoms with E-state index in [1.54, 1.807) is 42.5 Å². The lowest BCUT2D eigenvalue weighted by molar-refractivity contribution is 0.363. The third kappa shape index (κ3) is 3.88. The molecule has 2 aromatic rings. The molecule has 1 aliphatic heterocycles. The van der Waals surface area contributed by atoms with Crippen LogP contribution < -0.4 is 5.43 Å². The molecule has 2 aromatic carbocycles. The molecule has 130 valence electrons. The minimum atomic E-state index is -3.67. The van der Waals surface area contributed by atoms with E-state index in [2.05, 4.69) is 5.43 Å². The Balaban J connectivity index is 1.87. The van der Waals surface area contributed by atoms with E-state index in [0.717, 1.165) is 11.1 Å². The SMILES string of the molecule is O=S(=O)(c1ccc(C=S)cc1)N1CCC=C(c2ccc(Cl)c(Cl)c2)N1. The topological polar surface area (TPSA) is 49.4 Å². The maximum atomic E-state index is 12.8. The van der Waals surface area contributed by atoms with Gasteiger partial charge >= 0.3 is 0 Å². The van der Waals surface area contributed by atoms with Crippen molar-refractivity contribution in [1.82, 2.24) is 9.84 Å². The standard InChI is InChI=1S/C17H14Cl2N2O2S2/c18-15-8-5-13(10-16(15)19)17-2-1-9-21(20-17)25(22,23)14-6-3-12(11-24)4-7-14/h2-8,10-11,20H,1,9H2. The first-order valence-electron chi connectivity index (χ1n) is 7.42. The second-order valence-corrected chi connectivity index (χ2v) is 8.32. The van der Waals surface area contributed by atoms with Crippen molar-refractivity contribution in [2.24, 2.45) is 0 Å². The van der Waals surface area contributed by atoms with E-state index in [0.29, 0.717) is 28.7 Å². The van der Waals surface area contributed by atoms with E-state index in [-0.39, 0.29) is 4.90 Å². The molecule has 0 saturated carbocycles. The molecular formula is C17H14Cl2N2O2S2. The molecule has 0 unspecified atom stereocenters. The van der Waals surface area contributed by atoms with Crippen molar-refractivity contribution in [2.75, 3.05) is 6.54 Å². The van der Waals surface area contributed by atoms with Crippen LogP contribution in [0.1, 0.15) is 17.5 Å². The van der Waals surface area contributed by atoms with Gasteiger partial charge in [0.2, 0.25) is 0 Å². The molecule has 0 radical (unpaired) electrons. The number of thiocarbonyl (C=S) groups is 1. The molecule has 0 spiro atoms. The smallest absolute Gasteiger partial charge is 0.259 e. The molecule has 25 heavy (non-hydrogen) atoms. The molecule has 1 heterocycles. The molecule has 8 heteroatoms. The van der Waals surface area contributed by atoms with Gasteiger partial charge in [-0.2, -0.15) is 0 Å². The summed E-state index contributed by atoms with van der Waals surface area (Å²) in [5, 5.41) is 2.36. The van der Waals surface area contributed by atoms with Crippen LogP contribution in [0.5, 0.6) is 0 Å². The zero-order chi connectivity index (χ0) is 18.0. The largest absolute Gasteiger partial charge is 0.305 e. The Bertz CT molecular complexity index is 942. The zero-order valence-corrected chi connectivity index (χ0v) is 16.1. The Morgan fingerprint density at radius 2 is 1.80 bits per heavy atom. The Kier molecular flexibility index (Phi) is 5.46. The maximum Gasteiger partial charge on any atom is 0.259 e. The third-order valence-corrected chi connectivity index (χ3v) is 6.49. The van der Waals surface area contributed by atoms with E-state index >= 15 is 0 Å². The van der Waals surface area contributed by atoms with Crippen LogP contribution in [0.3, 0.4) is 0 Å². The number of hydrogen-bond donors (Lipinski definition) is 1. The highest BCUT2D eigenvalue weighted by atomic mass is 35.5. The van der Waals surface area contributed by atoms with Crippen LogP contribution in [-0.2, 0) is 10.0 Å². The van der Waals surface area contributed by atoms with Crippen molar-refractivity contribution >= 4 is 56.5 Å². The first-order valence-corrected chi connectivity index (χ1v) is 10.1.